The van der Waals surface area contributed by atoms with Crippen LogP contribution >= 0.6 is 0 Å². The monoisotopic (exact) mass is 464 g/mol. The molecule has 3 aromatic carbocycles. The summed E-state index contributed by atoms with van der Waals surface area (Å²) in [6.07, 6.45) is 1.20. The standard InChI is InChI=1S/C24H24N4O4S/c1-16-7-5-10-22(28-24(29)27(3)25-26-28)21(16)15-32-23-12-11-19(13-17(23)2)18-8-6-9-20(14-18)33(4,30)31/h5-14H,15H2,1-4H3. The van der Waals surface area contributed by atoms with Gasteiger partial charge in [0.1, 0.15) is 12.4 Å². The van der Waals surface area contributed by atoms with Crippen LogP contribution in [-0.4, -0.2) is 34.5 Å². The minimum atomic E-state index is -3.28. The molecule has 0 aliphatic heterocycles. The molecule has 170 valence electrons. The van der Waals surface area contributed by atoms with Crippen molar-refractivity contribution in [2.24, 2.45) is 7.05 Å². The lowest BCUT2D eigenvalue weighted by molar-refractivity contribution is 0.302. The van der Waals surface area contributed by atoms with Crippen LogP contribution < -0.4 is 10.4 Å². The van der Waals surface area contributed by atoms with Crippen LogP contribution in [0.1, 0.15) is 16.7 Å². The first-order valence-corrected chi connectivity index (χ1v) is 12.2. The number of sulfone groups is 1. The summed E-state index contributed by atoms with van der Waals surface area (Å²) in [6, 6.07) is 18.2. The number of benzene rings is 3. The Kier molecular flexibility index (Phi) is 5.90. The lowest BCUT2D eigenvalue weighted by atomic mass is 10.0. The molecule has 0 aliphatic carbocycles. The van der Waals surface area contributed by atoms with E-state index in [0.29, 0.717) is 11.4 Å². The van der Waals surface area contributed by atoms with Crippen molar-refractivity contribution in [3.05, 3.63) is 87.8 Å². The summed E-state index contributed by atoms with van der Waals surface area (Å²) in [6.45, 7) is 4.13. The number of hydrogen-bond acceptors (Lipinski definition) is 6. The lowest BCUT2D eigenvalue weighted by Gasteiger charge is -2.15. The van der Waals surface area contributed by atoms with Gasteiger partial charge in [0.25, 0.3) is 0 Å². The zero-order chi connectivity index (χ0) is 23.8. The quantitative estimate of drug-likeness (QED) is 0.435. The Morgan fingerprint density at radius 1 is 0.909 bits per heavy atom. The van der Waals surface area contributed by atoms with Crippen LogP contribution in [0, 0.1) is 13.8 Å². The number of aromatic nitrogens is 4. The van der Waals surface area contributed by atoms with Gasteiger partial charge in [0.05, 0.1) is 10.6 Å². The Balaban J connectivity index is 1.61. The maximum absolute atomic E-state index is 12.3. The molecule has 0 radical (unpaired) electrons. The molecule has 0 amide bonds. The number of tetrazole rings is 1. The zero-order valence-electron chi connectivity index (χ0n) is 18.8. The highest BCUT2D eigenvalue weighted by Crippen LogP contribution is 2.29. The van der Waals surface area contributed by atoms with Crippen molar-refractivity contribution in [3.63, 3.8) is 0 Å². The van der Waals surface area contributed by atoms with Gasteiger partial charge in [0.2, 0.25) is 0 Å². The van der Waals surface area contributed by atoms with E-state index < -0.39 is 9.84 Å². The molecule has 0 atom stereocenters. The molecular weight excluding hydrogens is 440 g/mol. The van der Waals surface area contributed by atoms with Crippen LogP contribution in [-0.2, 0) is 23.5 Å². The third-order valence-corrected chi connectivity index (χ3v) is 6.59. The van der Waals surface area contributed by atoms with Gasteiger partial charge in [-0.3, -0.25) is 0 Å². The molecule has 1 heterocycles. The minimum absolute atomic E-state index is 0.245. The Morgan fingerprint density at radius 2 is 1.64 bits per heavy atom. The number of hydrogen-bond donors (Lipinski definition) is 0. The van der Waals surface area contributed by atoms with E-state index in [1.807, 2.05) is 56.3 Å². The molecule has 0 unspecified atom stereocenters. The highest BCUT2D eigenvalue weighted by molar-refractivity contribution is 7.90. The molecule has 4 rings (SSSR count). The second kappa shape index (κ2) is 8.67. The van der Waals surface area contributed by atoms with E-state index >= 15 is 0 Å². The molecule has 0 N–H and O–H groups in total. The van der Waals surface area contributed by atoms with Gasteiger partial charge < -0.3 is 4.74 Å². The van der Waals surface area contributed by atoms with E-state index in [4.69, 9.17) is 4.74 Å². The Morgan fingerprint density at radius 3 is 2.30 bits per heavy atom. The fraction of sp³-hybridized carbons (Fsp3) is 0.208. The summed E-state index contributed by atoms with van der Waals surface area (Å²) in [4.78, 5) is 12.6. The van der Waals surface area contributed by atoms with Gasteiger partial charge in [-0.2, -0.15) is 9.36 Å². The second-order valence-electron chi connectivity index (χ2n) is 7.94. The number of ether oxygens (including phenoxy) is 1. The summed E-state index contributed by atoms with van der Waals surface area (Å²) >= 11 is 0. The van der Waals surface area contributed by atoms with Crippen molar-refractivity contribution in [3.8, 4) is 22.6 Å². The van der Waals surface area contributed by atoms with E-state index in [9.17, 15) is 13.2 Å². The first-order valence-electron chi connectivity index (χ1n) is 10.3. The molecule has 0 saturated carbocycles. The van der Waals surface area contributed by atoms with Gasteiger partial charge in [0, 0.05) is 18.9 Å². The highest BCUT2D eigenvalue weighted by Gasteiger charge is 2.14. The van der Waals surface area contributed by atoms with E-state index in [2.05, 4.69) is 10.4 Å². The predicted molar refractivity (Wildman–Crippen MR) is 125 cm³/mol. The van der Waals surface area contributed by atoms with Crippen molar-refractivity contribution in [1.29, 1.82) is 0 Å². The van der Waals surface area contributed by atoms with Crippen molar-refractivity contribution >= 4 is 9.84 Å². The number of nitrogens with zero attached hydrogens (tertiary/aromatic N) is 4. The average molecular weight is 465 g/mol. The fourth-order valence-corrected chi connectivity index (χ4v) is 4.25. The van der Waals surface area contributed by atoms with E-state index in [-0.39, 0.29) is 17.2 Å². The first kappa shape index (κ1) is 22.5. The zero-order valence-corrected chi connectivity index (χ0v) is 19.6. The first-order chi connectivity index (χ1) is 15.6. The summed E-state index contributed by atoms with van der Waals surface area (Å²) in [5, 5.41) is 7.74. The summed E-state index contributed by atoms with van der Waals surface area (Å²) in [5.74, 6) is 0.693. The fourth-order valence-electron chi connectivity index (χ4n) is 3.58. The van der Waals surface area contributed by atoms with E-state index in [1.54, 1.807) is 25.2 Å². The van der Waals surface area contributed by atoms with Crippen LogP contribution in [0.2, 0.25) is 0 Å². The molecule has 0 saturated heterocycles. The van der Waals surface area contributed by atoms with Crippen molar-refractivity contribution in [2.45, 2.75) is 25.3 Å². The molecule has 1 aromatic heterocycles. The maximum atomic E-state index is 12.3. The van der Waals surface area contributed by atoms with Crippen molar-refractivity contribution < 1.29 is 13.2 Å². The van der Waals surface area contributed by atoms with E-state index in [1.165, 1.54) is 15.6 Å². The van der Waals surface area contributed by atoms with Gasteiger partial charge in [0.15, 0.2) is 9.84 Å². The smallest absolute Gasteiger partial charge is 0.368 e. The summed E-state index contributed by atoms with van der Waals surface area (Å²) < 4.78 is 32.3. The van der Waals surface area contributed by atoms with Gasteiger partial charge in [-0.05, 0) is 76.9 Å². The van der Waals surface area contributed by atoms with Crippen molar-refractivity contribution in [2.75, 3.05) is 6.26 Å². The largest absolute Gasteiger partial charge is 0.489 e. The second-order valence-corrected chi connectivity index (χ2v) is 9.95. The van der Waals surface area contributed by atoms with Crippen LogP contribution in [0.15, 0.2) is 70.4 Å². The van der Waals surface area contributed by atoms with Crippen LogP contribution in [0.5, 0.6) is 5.75 Å². The third kappa shape index (κ3) is 4.58. The van der Waals surface area contributed by atoms with E-state index in [0.717, 1.165) is 27.8 Å². The molecular formula is C24H24N4O4S. The lowest BCUT2D eigenvalue weighted by Crippen LogP contribution is -2.23. The SMILES string of the molecule is Cc1cc(-c2cccc(S(C)(=O)=O)c2)ccc1OCc1c(C)cccc1-n1nnn(C)c1=O. The molecule has 0 spiro atoms. The molecule has 0 fully saturated rings. The Hall–Kier alpha value is -3.72. The maximum Gasteiger partial charge on any atom is 0.368 e. The average Bonchev–Trinajstić information content (AvgIpc) is 3.11. The highest BCUT2D eigenvalue weighted by atomic mass is 32.2. The number of aryl methyl sites for hydroxylation is 3. The van der Waals surface area contributed by atoms with Crippen LogP contribution in [0.3, 0.4) is 0 Å². The Bertz CT molecular complexity index is 1500. The Labute approximate surface area is 192 Å². The predicted octanol–water partition coefficient (Wildman–Crippen LogP) is 3.23. The summed E-state index contributed by atoms with van der Waals surface area (Å²) in [5.41, 5.74) is 4.72. The molecule has 9 heteroatoms. The molecule has 0 aliphatic rings. The number of rotatable bonds is 6. The molecule has 0 bridgehead atoms. The normalized spacial score (nSPS) is 11.5. The summed E-state index contributed by atoms with van der Waals surface area (Å²) in [7, 11) is -1.73. The minimum Gasteiger partial charge on any atom is -0.489 e. The molecule has 4 aromatic rings. The van der Waals surface area contributed by atoms with Gasteiger partial charge >= 0.3 is 5.69 Å². The third-order valence-electron chi connectivity index (χ3n) is 5.48. The molecule has 33 heavy (non-hydrogen) atoms. The van der Waals surface area contributed by atoms with Gasteiger partial charge in [-0.1, -0.05) is 30.3 Å². The topological polar surface area (TPSA) is 96.1 Å². The van der Waals surface area contributed by atoms with Gasteiger partial charge in [-0.15, -0.1) is 0 Å². The van der Waals surface area contributed by atoms with Crippen LogP contribution in [0.4, 0.5) is 0 Å². The van der Waals surface area contributed by atoms with Crippen LogP contribution in [0.25, 0.3) is 16.8 Å². The van der Waals surface area contributed by atoms with Gasteiger partial charge in [-0.25, -0.2) is 13.2 Å². The molecule has 8 nitrogen and oxygen atoms in total. The van der Waals surface area contributed by atoms with Crippen molar-refractivity contribution in [1.82, 2.24) is 19.8 Å².